The maximum Gasteiger partial charge on any atom is 0.417 e. The second kappa shape index (κ2) is 10.7. The van der Waals surface area contributed by atoms with Gasteiger partial charge in [0.15, 0.2) is 0 Å². The third-order valence-corrected chi connectivity index (χ3v) is 6.19. The Morgan fingerprint density at radius 2 is 1.71 bits per heavy atom. The topological polar surface area (TPSA) is 136 Å². The lowest BCUT2D eigenvalue weighted by molar-refractivity contribution is -0.142. The number of carbonyl (C=O) groups excluding carboxylic acids is 2. The van der Waals surface area contributed by atoms with Gasteiger partial charge in [-0.1, -0.05) is 24.3 Å². The van der Waals surface area contributed by atoms with Gasteiger partial charge in [-0.2, -0.15) is 13.2 Å². The molecule has 0 unspecified atom stereocenters. The lowest BCUT2D eigenvalue weighted by Crippen LogP contribution is -2.52. The number of benzene rings is 2. The van der Waals surface area contributed by atoms with Crippen molar-refractivity contribution in [3.05, 3.63) is 65.2 Å². The van der Waals surface area contributed by atoms with Gasteiger partial charge >= 0.3 is 18.2 Å². The minimum Gasteiger partial charge on any atom is -0.480 e. The SMILES string of the molecule is O=C(Nc1ccc(C[C@H](NC(=O)[C@H]2CSCN2C(=O)O)C(=O)O)cc1)c1ccccc1C(F)(F)F. The molecule has 1 aliphatic heterocycles. The van der Waals surface area contributed by atoms with Crippen LogP contribution >= 0.6 is 11.8 Å². The van der Waals surface area contributed by atoms with Gasteiger partial charge in [-0.3, -0.25) is 14.5 Å². The first-order chi connectivity index (χ1) is 16.5. The molecule has 2 atom stereocenters. The molecule has 3 rings (SSSR count). The number of hydrogen-bond donors (Lipinski definition) is 4. The minimum absolute atomic E-state index is 0.103. The van der Waals surface area contributed by atoms with Crippen molar-refractivity contribution < 1.29 is 42.6 Å². The number of halogens is 3. The van der Waals surface area contributed by atoms with Gasteiger partial charge in [0.2, 0.25) is 5.91 Å². The fraction of sp³-hybridized carbons (Fsp3) is 0.273. The number of nitrogens with zero attached hydrogens (tertiary/aromatic N) is 1. The third-order valence-electron chi connectivity index (χ3n) is 5.17. The lowest BCUT2D eigenvalue weighted by atomic mass is 10.0. The molecule has 1 aliphatic rings. The summed E-state index contributed by atoms with van der Waals surface area (Å²) in [5.41, 5.74) is -0.969. The zero-order valence-corrected chi connectivity index (χ0v) is 18.7. The number of thioether (sulfide) groups is 1. The first-order valence-corrected chi connectivity index (χ1v) is 11.3. The lowest BCUT2D eigenvalue weighted by Gasteiger charge is -2.22. The molecule has 2 aromatic rings. The van der Waals surface area contributed by atoms with Gasteiger partial charge in [0.25, 0.3) is 5.91 Å². The fourth-order valence-electron chi connectivity index (χ4n) is 3.40. The van der Waals surface area contributed by atoms with E-state index in [2.05, 4.69) is 10.6 Å². The Hall–Kier alpha value is -3.74. The van der Waals surface area contributed by atoms with Gasteiger partial charge in [0.1, 0.15) is 12.1 Å². The molecule has 0 aromatic heterocycles. The van der Waals surface area contributed by atoms with Crippen molar-refractivity contribution in [3.63, 3.8) is 0 Å². The highest BCUT2D eigenvalue weighted by Crippen LogP contribution is 2.32. The molecule has 9 nitrogen and oxygen atoms in total. The number of carbonyl (C=O) groups is 4. The number of aliphatic carboxylic acids is 1. The Balaban J connectivity index is 1.66. The maximum absolute atomic E-state index is 13.1. The number of hydrogen-bond acceptors (Lipinski definition) is 5. The number of alkyl halides is 3. The van der Waals surface area contributed by atoms with E-state index >= 15 is 0 Å². The van der Waals surface area contributed by atoms with E-state index in [4.69, 9.17) is 5.11 Å². The van der Waals surface area contributed by atoms with Gasteiger partial charge in [-0.25, -0.2) is 9.59 Å². The van der Waals surface area contributed by atoms with Gasteiger partial charge in [-0.15, -0.1) is 11.8 Å². The quantitative estimate of drug-likeness (QED) is 0.449. The van der Waals surface area contributed by atoms with Crippen molar-refractivity contribution in [1.82, 2.24) is 10.2 Å². The summed E-state index contributed by atoms with van der Waals surface area (Å²) in [7, 11) is 0. The number of rotatable bonds is 7. The fourth-order valence-corrected chi connectivity index (χ4v) is 4.55. The molecule has 186 valence electrons. The molecule has 0 saturated carbocycles. The molecule has 0 aliphatic carbocycles. The van der Waals surface area contributed by atoms with Crippen molar-refractivity contribution in [2.45, 2.75) is 24.7 Å². The van der Waals surface area contributed by atoms with Crippen LogP contribution in [0.1, 0.15) is 21.5 Å². The molecular weight excluding hydrogens is 491 g/mol. The highest BCUT2D eigenvalue weighted by atomic mass is 32.2. The number of carboxylic acids is 1. The van der Waals surface area contributed by atoms with Crippen LogP contribution in [0, 0.1) is 0 Å². The highest BCUT2D eigenvalue weighted by Gasteiger charge is 2.37. The van der Waals surface area contributed by atoms with Crippen LogP contribution in [0.2, 0.25) is 0 Å². The number of carboxylic acid groups (broad SMARTS) is 2. The highest BCUT2D eigenvalue weighted by molar-refractivity contribution is 7.99. The van der Waals surface area contributed by atoms with E-state index in [0.717, 1.165) is 17.0 Å². The molecular formula is C22H20F3N3O6S. The van der Waals surface area contributed by atoms with Crippen molar-refractivity contribution in [2.75, 3.05) is 16.9 Å². The minimum atomic E-state index is -4.70. The molecule has 3 amide bonds. The third kappa shape index (κ3) is 6.44. The summed E-state index contributed by atoms with van der Waals surface area (Å²) in [6.45, 7) is 0. The molecule has 0 spiro atoms. The summed E-state index contributed by atoms with van der Waals surface area (Å²) in [4.78, 5) is 48.6. The van der Waals surface area contributed by atoms with Crippen molar-refractivity contribution in [2.24, 2.45) is 0 Å². The molecule has 1 heterocycles. The Kier molecular flexibility index (Phi) is 7.89. The summed E-state index contributed by atoms with van der Waals surface area (Å²) in [5.74, 6) is -2.70. The molecule has 35 heavy (non-hydrogen) atoms. The van der Waals surface area contributed by atoms with Crippen molar-refractivity contribution >= 4 is 41.3 Å². The van der Waals surface area contributed by atoms with E-state index < -0.39 is 53.3 Å². The molecule has 2 aromatic carbocycles. The second-order valence-electron chi connectivity index (χ2n) is 7.57. The van der Waals surface area contributed by atoms with Crippen LogP contribution in [-0.4, -0.2) is 62.7 Å². The largest absolute Gasteiger partial charge is 0.480 e. The summed E-state index contributed by atoms with van der Waals surface area (Å²) in [5, 5.41) is 23.4. The van der Waals surface area contributed by atoms with Gasteiger partial charge in [0, 0.05) is 17.9 Å². The average Bonchev–Trinajstić information content (AvgIpc) is 3.30. The average molecular weight is 511 g/mol. The Morgan fingerprint density at radius 3 is 2.31 bits per heavy atom. The van der Waals surface area contributed by atoms with E-state index in [1.165, 1.54) is 48.2 Å². The number of anilines is 1. The monoisotopic (exact) mass is 511 g/mol. The Morgan fingerprint density at radius 1 is 1.06 bits per heavy atom. The smallest absolute Gasteiger partial charge is 0.417 e. The first kappa shape index (κ1) is 25.9. The standard InChI is InChI=1S/C22H20F3N3O6S/c23-22(24,25)15-4-2-1-3-14(15)18(29)26-13-7-5-12(6-8-13)9-16(20(31)32)27-19(30)17-10-35-11-28(17)21(33)34/h1-8,16-17H,9-11H2,(H,26,29)(H,27,30)(H,31,32)(H,33,34)/t16-,17+/m0/s1. The zero-order chi connectivity index (χ0) is 25.8. The number of amides is 3. The molecule has 4 N–H and O–H groups in total. The summed E-state index contributed by atoms with van der Waals surface area (Å²) < 4.78 is 39.4. The second-order valence-corrected chi connectivity index (χ2v) is 8.57. The maximum atomic E-state index is 13.1. The van der Waals surface area contributed by atoms with Crippen LogP contribution in [0.4, 0.5) is 23.7 Å². The predicted octanol–water partition coefficient (Wildman–Crippen LogP) is 3.12. The van der Waals surface area contributed by atoms with Crippen LogP contribution in [0.15, 0.2) is 48.5 Å². The Bertz CT molecular complexity index is 1130. The molecule has 1 saturated heterocycles. The van der Waals surface area contributed by atoms with Crippen molar-refractivity contribution in [3.8, 4) is 0 Å². The number of nitrogens with one attached hydrogen (secondary N) is 2. The van der Waals surface area contributed by atoms with Crippen LogP contribution in [0.25, 0.3) is 0 Å². The zero-order valence-electron chi connectivity index (χ0n) is 17.9. The van der Waals surface area contributed by atoms with E-state index in [1.54, 1.807) is 0 Å². The van der Waals surface area contributed by atoms with Crippen LogP contribution in [-0.2, 0) is 22.2 Å². The summed E-state index contributed by atoms with van der Waals surface area (Å²) in [6, 6.07) is 7.71. The van der Waals surface area contributed by atoms with Crippen molar-refractivity contribution in [1.29, 1.82) is 0 Å². The summed E-state index contributed by atoms with van der Waals surface area (Å²) in [6.07, 6.45) is -6.12. The molecule has 1 fully saturated rings. The van der Waals surface area contributed by atoms with Gasteiger partial charge in [-0.05, 0) is 29.8 Å². The van der Waals surface area contributed by atoms with Gasteiger partial charge < -0.3 is 20.8 Å². The molecule has 0 radical (unpaired) electrons. The van der Waals surface area contributed by atoms with E-state index in [9.17, 15) is 37.5 Å². The predicted molar refractivity (Wildman–Crippen MR) is 120 cm³/mol. The molecule has 13 heteroatoms. The van der Waals surface area contributed by atoms with E-state index in [-0.39, 0.29) is 23.7 Å². The molecule has 0 bridgehead atoms. The van der Waals surface area contributed by atoms with E-state index in [1.807, 2.05) is 0 Å². The van der Waals surface area contributed by atoms with Gasteiger partial charge in [0.05, 0.1) is 17.0 Å². The normalized spacial score (nSPS) is 16.4. The van der Waals surface area contributed by atoms with Crippen LogP contribution in [0.3, 0.4) is 0 Å². The van der Waals surface area contributed by atoms with E-state index in [0.29, 0.717) is 5.56 Å². The van der Waals surface area contributed by atoms with Crippen LogP contribution < -0.4 is 10.6 Å². The van der Waals surface area contributed by atoms with Crippen LogP contribution in [0.5, 0.6) is 0 Å². The first-order valence-electron chi connectivity index (χ1n) is 10.1. The Labute approximate surface area is 201 Å². The summed E-state index contributed by atoms with van der Waals surface area (Å²) >= 11 is 1.23.